The zero-order valence-corrected chi connectivity index (χ0v) is 17.5. The average Bonchev–Trinajstić information content (AvgIpc) is 2.75. The number of alkyl halides is 1. The van der Waals surface area contributed by atoms with Crippen LogP contribution in [0.1, 0.15) is 23.6 Å². The predicted octanol–water partition coefficient (Wildman–Crippen LogP) is 5.58. The number of allylic oxidation sites excluding steroid dienone is 2. The van der Waals surface area contributed by atoms with Crippen LogP contribution in [0.15, 0.2) is 84.9 Å². The molecule has 0 aromatic heterocycles. The predicted molar refractivity (Wildman–Crippen MR) is 121 cm³/mol. The lowest BCUT2D eigenvalue weighted by Gasteiger charge is -2.26. The highest BCUT2D eigenvalue weighted by atomic mass is 35.5. The maximum Gasteiger partial charge on any atom is 0.119 e. The van der Waals surface area contributed by atoms with E-state index in [-0.39, 0.29) is 5.75 Å². The molecule has 0 saturated carbocycles. The van der Waals surface area contributed by atoms with Gasteiger partial charge in [0.2, 0.25) is 0 Å². The molecule has 3 aromatic carbocycles. The van der Waals surface area contributed by atoms with Gasteiger partial charge in [0.25, 0.3) is 0 Å². The molecule has 3 nitrogen and oxygen atoms in total. The van der Waals surface area contributed by atoms with Crippen LogP contribution in [0.2, 0.25) is 0 Å². The van der Waals surface area contributed by atoms with Gasteiger partial charge < -0.3 is 15.2 Å². The zero-order valence-electron chi connectivity index (χ0n) is 16.7. The Morgan fingerprint density at radius 1 is 0.966 bits per heavy atom. The molecule has 150 valence electrons. The normalized spacial score (nSPS) is 13.7. The number of phenols is 1. The van der Waals surface area contributed by atoms with Crippen LogP contribution >= 0.6 is 11.6 Å². The van der Waals surface area contributed by atoms with E-state index in [1.807, 2.05) is 61.6 Å². The standard InChI is InChI=1S/C25H26ClNO2/c1-19(20-6-4-3-5-7-20)18-25(26,21-8-12-23(28)13-9-21)22-10-14-24(15-11-22)29-17-16-27-2/h3-15,18,27-28H,16-17H2,1-2H3. The number of hydrogen-bond acceptors (Lipinski definition) is 3. The Morgan fingerprint density at radius 3 is 2.14 bits per heavy atom. The molecule has 3 aromatic rings. The van der Waals surface area contributed by atoms with Gasteiger partial charge in [-0.15, -0.1) is 11.6 Å². The van der Waals surface area contributed by atoms with Crippen LogP contribution in [-0.4, -0.2) is 25.3 Å². The second kappa shape index (κ2) is 9.64. The Labute approximate surface area is 177 Å². The molecule has 0 aliphatic heterocycles. The maximum absolute atomic E-state index is 9.71. The summed E-state index contributed by atoms with van der Waals surface area (Å²) in [6, 6.07) is 25.1. The molecule has 3 rings (SSSR count). The smallest absolute Gasteiger partial charge is 0.119 e. The van der Waals surface area contributed by atoms with E-state index in [2.05, 4.69) is 30.4 Å². The highest BCUT2D eigenvalue weighted by Crippen LogP contribution is 2.41. The van der Waals surface area contributed by atoms with E-state index >= 15 is 0 Å². The van der Waals surface area contributed by atoms with Crippen LogP contribution in [0.4, 0.5) is 0 Å². The number of halogens is 1. The fraction of sp³-hybridized carbons (Fsp3) is 0.200. The molecule has 29 heavy (non-hydrogen) atoms. The van der Waals surface area contributed by atoms with Gasteiger partial charge in [-0.05, 0) is 60.5 Å². The molecule has 0 bridgehead atoms. The topological polar surface area (TPSA) is 41.5 Å². The number of likely N-dealkylation sites (N-methyl/N-ethyl adjacent to an activating group) is 1. The number of benzene rings is 3. The van der Waals surface area contributed by atoms with E-state index in [4.69, 9.17) is 16.3 Å². The van der Waals surface area contributed by atoms with Gasteiger partial charge in [0, 0.05) is 6.54 Å². The van der Waals surface area contributed by atoms with Gasteiger partial charge in [-0.25, -0.2) is 0 Å². The number of nitrogens with one attached hydrogen (secondary N) is 1. The fourth-order valence-corrected chi connectivity index (χ4v) is 3.60. The first-order valence-corrected chi connectivity index (χ1v) is 10.0. The van der Waals surface area contributed by atoms with E-state index in [1.54, 1.807) is 12.1 Å². The van der Waals surface area contributed by atoms with Crippen molar-refractivity contribution in [1.29, 1.82) is 0 Å². The van der Waals surface area contributed by atoms with E-state index in [9.17, 15) is 5.11 Å². The summed E-state index contributed by atoms with van der Waals surface area (Å²) in [4.78, 5) is -0.878. The quantitative estimate of drug-likeness (QED) is 0.378. The van der Waals surface area contributed by atoms with Crippen molar-refractivity contribution < 1.29 is 9.84 Å². The summed E-state index contributed by atoms with van der Waals surface area (Å²) >= 11 is 7.26. The van der Waals surface area contributed by atoms with E-state index in [0.29, 0.717) is 6.61 Å². The van der Waals surface area contributed by atoms with Crippen molar-refractivity contribution in [2.24, 2.45) is 0 Å². The zero-order chi connectivity index (χ0) is 20.7. The second-order valence-corrected chi connectivity index (χ2v) is 7.52. The molecule has 0 saturated heterocycles. The Balaban J connectivity index is 2.00. The summed E-state index contributed by atoms with van der Waals surface area (Å²) in [5.74, 6) is 1.02. The minimum absolute atomic E-state index is 0.213. The molecular weight excluding hydrogens is 382 g/mol. The largest absolute Gasteiger partial charge is 0.508 e. The molecule has 0 aliphatic rings. The van der Waals surface area contributed by atoms with Crippen molar-refractivity contribution in [2.45, 2.75) is 11.8 Å². The number of aromatic hydroxyl groups is 1. The van der Waals surface area contributed by atoms with E-state index in [0.717, 1.165) is 34.6 Å². The SMILES string of the molecule is CNCCOc1ccc(C(Cl)(C=C(C)c2ccccc2)c2ccc(O)cc2)cc1. The fourth-order valence-electron chi connectivity index (χ4n) is 3.18. The average molecular weight is 408 g/mol. The summed E-state index contributed by atoms with van der Waals surface area (Å²) in [5.41, 5.74) is 4.00. The lowest BCUT2D eigenvalue weighted by molar-refractivity contribution is 0.318. The summed E-state index contributed by atoms with van der Waals surface area (Å²) < 4.78 is 5.73. The van der Waals surface area contributed by atoms with Gasteiger partial charge in [-0.2, -0.15) is 0 Å². The molecule has 1 unspecified atom stereocenters. The third-order valence-corrected chi connectivity index (χ3v) is 5.37. The van der Waals surface area contributed by atoms with E-state index in [1.165, 1.54) is 0 Å². The molecule has 0 amide bonds. The van der Waals surface area contributed by atoms with Crippen LogP contribution in [0.5, 0.6) is 11.5 Å². The summed E-state index contributed by atoms with van der Waals surface area (Å²) in [6.45, 7) is 3.45. The van der Waals surface area contributed by atoms with Crippen LogP contribution in [0, 0.1) is 0 Å². The Morgan fingerprint density at radius 2 is 1.55 bits per heavy atom. The van der Waals surface area contributed by atoms with Crippen molar-refractivity contribution in [2.75, 3.05) is 20.2 Å². The summed E-state index contributed by atoms with van der Waals surface area (Å²) in [5, 5.41) is 12.8. The Bertz CT molecular complexity index is 937. The van der Waals surface area contributed by atoms with E-state index < -0.39 is 4.87 Å². The lowest BCUT2D eigenvalue weighted by Crippen LogP contribution is -2.18. The van der Waals surface area contributed by atoms with Crippen molar-refractivity contribution in [3.05, 3.63) is 102 Å². The van der Waals surface area contributed by atoms with Gasteiger partial charge in [-0.3, -0.25) is 0 Å². The molecular formula is C25H26ClNO2. The third kappa shape index (κ3) is 5.20. The highest BCUT2D eigenvalue weighted by Gasteiger charge is 2.30. The van der Waals surface area contributed by atoms with Gasteiger partial charge in [0.05, 0.1) is 0 Å². The molecule has 0 radical (unpaired) electrons. The Kier molecular flexibility index (Phi) is 6.97. The minimum Gasteiger partial charge on any atom is -0.508 e. The van der Waals surface area contributed by atoms with Crippen LogP contribution in [-0.2, 0) is 4.87 Å². The van der Waals surface area contributed by atoms with Crippen LogP contribution in [0.3, 0.4) is 0 Å². The molecule has 2 N–H and O–H groups in total. The van der Waals surface area contributed by atoms with Crippen molar-refractivity contribution in [3.63, 3.8) is 0 Å². The monoisotopic (exact) mass is 407 g/mol. The highest BCUT2D eigenvalue weighted by molar-refractivity contribution is 6.27. The molecule has 0 heterocycles. The molecule has 0 spiro atoms. The maximum atomic E-state index is 9.71. The van der Waals surface area contributed by atoms with Gasteiger partial charge in [0.15, 0.2) is 0 Å². The summed E-state index contributed by atoms with van der Waals surface area (Å²) in [6.07, 6.45) is 2.06. The first-order chi connectivity index (χ1) is 14.0. The Hall–Kier alpha value is -2.75. The number of rotatable bonds is 8. The molecule has 4 heteroatoms. The molecule has 0 aliphatic carbocycles. The molecule has 1 atom stereocenters. The first kappa shape index (κ1) is 21.0. The third-order valence-electron chi connectivity index (χ3n) is 4.83. The first-order valence-electron chi connectivity index (χ1n) is 9.64. The van der Waals surface area contributed by atoms with Crippen LogP contribution in [0.25, 0.3) is 5.57 Å². The van der Waals surface area contributed by atoms with Gasteiger partial charge in [0.1, 0.15) is 23.0 Å². The lowest BCUT2D eigenvalue weighted by atomic mass is 9.87. The minimum atomic E-state index is -0.878. The van der Waals surface area contributed by atoms with Crippen LogP contribution < -0.4 is 10.1 Å². The van der Waals surface area contributed by atoms with Crippen molar-refractivity contribution >= 4 is 17.2 Å². The number of hydrogen-bond donors (Lipinski definition) is 2. The van der Waals surface area contributed by atoms with Gasteiger partial charge >= 0.3 is 0 Å². The van der Waals surface area contributed by atoms with Gasteiger partial charge in [-0.1, -0.05) is 60.7 Å². The second-order valence-electron chi connectivity index (χ2n) is 6.93. The van der Waals surface area contributed by atoms with Crippen molar-refractivity contribution in [1.82, 2.24) is 5.32 Å². The van der Waals surface area contributed by atoms with Crippen molar-refractivity contribution in [3.8, 4) is 11.5 Å². The summed E-state index contributed by atoms with van der Waals surface area (Å²) in [7, 11) is 1.90. The molecule has 0 fully saturated rings. The number of phenolic OH excluding ortho intramolecular Hbond substituents is 1. The number of ether oxygens (including phenoxy) is 1.